The topological polar surface area (TPSA) is 109 Å². The van der Waals surface area contributed by atoms with E-state index in [2.05, 4.69) is 4.98 Å². The third kappa shape index (κ3) is 4.03. The summed E-state index contributed by atoms with van der Waals surface area (Å²) in [4.78, 5) is 28.6. The zero-order valence-corrected chi connectivity index (χ0v) is 18.6. The van der Waals surface area contributed by atoms with Crippen molar-refractivity contribution in [3.63, 3.8) is 0 Å². The summed E-state index contributed by atoms with van der Waals surface area (Å²) in [6, 6.07) is 9.55. The molecule has 11 heteroatoms. The average Bonchev–Trinajstić information content (AvgIpc) is 3.17. The second kappa shape index (κ2) is 8.33. The summed E-state index contributed by atoms with van der Waals surface area (Å²) in [6.07, 6.45) is 0. The molecule has 1 fully saturated rings. The lowest BCUT2D eigenvalue weighted by molar-refractivity contribution is 0.0694. The Balaban J connectivity index is 1.49. The van der Waals surface area contributed by atoms with Gasteiger partial charge in [0.1, 0.15) is 11.5 Å². The minimum Gasteiger partial charge on any atom is -0.497 e. The van der Waals surface area contributed by atoms with Crippen LogP contribution in [0, 0.1) is 0 Å². The average molecular weight is 464 g/mol. The van der Waals surface area contributed by atoms with E-state index in [1.807, 2.05) is 0 Å². The number of aromatic amines is 1. The summed E-state index contributed by atoms with van der Waals surface area (Å²) < 4.78 is 38.5. The second-order valence-electron chi connectivity index (χ2n) is 6.93. The number of nitrogens with one attached hydrogen (secondary N) is 1. The van der Waals surface area contributed by atoms with Gasteiger partial charge in [-0.25, -0.2) is 8.42 Å². The maximum Gasteiger partial charge on any atom is 0.305 e. The van der Waals surface area contributed by atoms with Crippen LogP contribution in [0.15, 0.2) is 46.1 Å². The van der Waals surface area contributed by atoms with Gasteiger partial charge >= 0.3 is 4.87 Å². The highest BCUT2D eigenvalue weighted by Gasteiger charge is 2.31. The van der Waals surface area contributed by atoms with Crippen molar-refractivity contribution in [1.82, 2.24) is 14.2 Å². The number of nitrogens with zero attached hydrogens (tertiary/aromatic N) is 2. The molecule has 0 atom stereocenters. The third-order valence-corrected chi connectivity index (χ3v) is 7.93. The van der Waals surface area contributed by atoms with Gasteiger partial charge in [-0.2, -0.15) is 4.31 Å². The van der Waals surface area contributed by atoms with Crippen molar-refractivity contribution in [1.29, 1.82) is 0 Å². The lowest BCUT2D eigenvalue weighted by atomic mass is 10.1. The Morgan fingerprint density at radius 3 is 2.45 bits per heavy atom. The van der Waals surface area contributed by atoms with Crippen molar-refractivity contribution in [3.8, 4) is 11.5 Å². The molecule has 0 radical (unpaired) electrons. The molecule has 31 heavy (non-hydrogen) atoms. The molecule has 1 N–H and O–H groups in total. The number of piperazine rings is 1. The van der Waals surface area contributed by atoms with Gasteiger partial charge in [-0.3, -0.25) is 9.59 Å². The molecular weight excluding hydrogens is 442 g/mol. The largest absolute Gasteiger partial charge is 0.497 e. The fraction of sp³-hybridized carbons (Fsp3) is 0.300. The molecule has 0 unspecified atom stereocenters. The van der Waals surface area contributed by atoms with Gasteiger partial charge in [-0.15, -0.1) is 0 Å². The van der Waals surface area contributed by atoms with Gasteiger partial charge in [0, 0.05) is 32.2 Å². The van der Waals surface area contributed by atoms with Crippen LogP contribution in [0.1, 0.15) is 10.4 Å². The van der Waals surface area contributed by atoms with Crippen LogP contribution < -0.4 is 14.3 Å². The first-order chi connectivity index (χ1) is 14.8. The van der Waals surface area contributed by atoms with Crippen molar-refractivity contribution in [2.45, 2.75) is 4.90 Å². The van der Waals surface area contributed by atoms with Gasteiger partial charge in [0.2, 0.25) is 10.0 Å². The number of methoxy groups -OCH3 is 2. The summed E-state index contributed by atoms with van der Waals surface area (Å²) in [5.41, 5.74) is 1.00. The molecule has 164 valence electrons. The molecule has 1 aliphatic rings. The van der Waals surface area contributed by atoms with Gasteiger partial charge in [0.05, 0.1) is 34.9 Å². The van der Waals surface area contributed by atoms with Crippen molar-refractivity contribution >= 4 is 37.5 Å². The molecule has 2 heterocycles. The molecule has 0 spiro atoms. The number of ether oxygens (including phenoxy) is 2. The zero-order chi connectivity index (χ0) is 22.2. The molecule has 1 saturated heterocycles. The highest BCUT2D eigenvalue weighted by atomic mass is 32.2. The molecule has 0 aliphatic carbocycles. The SMILES string of the molecule is COc1ccc(C(=O)N2CCN(S(=O)(=O)c3ccc4[nH]c(=O)sc4c3)CC2)c(OC)c1. The highest BCUT2D eigenvalue weighted by Crippen LogP contribution is 2.27. The lowest BCUT2D eigenvalue weighted by Crippen LogP contribution is -2.50. The van der Waals surface area contributed by atoms with Gasteiger partial charge < -0.3 is 19.4 Å². The number of rotatable bonds is 5. The van der Waals surface area contributed by atoms with Gasteiger partial charge in [-0.05, 0) is 30.3 Å². The van der Waals surface area contributed by atoms with E-state index in [1.54, 1.807) is 29.2 Å². The number of aromatic nitrogens is 1. The van der Waals surface area contributed by atoms with Crippen molar-refractivity contribution in [2.24, 2.45) is 0 Å². The molecule has 1 aromatic heterocycles. The van der Waals surface area contributed by atoms with E-state index in [9.17, 15) is 18.0 Å². The number of thiazole rings is 1. The number of amides is 1. The molecule has 0 bridgehead atoms. The summed E-state index contributed by atoms with van der Waals surface area (Å²) in [6.45, 7) is 0.863. The molecule has 9 nitrogen and oxygen atoms in total. The number of H-pyrrole nitrogens is 1. The Kier molecular flexibility index (Phi) is 5.73. The van der Waals surface area contributed by atoms with Crippen molar-refractivity contribution in [2.75, 3.05) is 40.4 Å². The van der Waals surface area contributed by atoms with E-state index in [-0.39, 0.29) is 41.9 Å². The molecular formula is C20H21N3O6S2. The van der Waals surface area contributed by atoms with E-state index >= 15 is 0 Å². The van der Waals surface area contributed by atoms with Crippen LogP contribution >= 0.6 is 11.3 Å². The molecule has 1 aliphatic heterocycles. The van der Waals surface area contributed by atoms with E-state index < -0.39 is 10.0 Å². The van der Waals surface area contributed by atoms with Crippen molar-refractivity contribution in [3.05, 3.63) is 51.6 Å². The first-order valence-electron chi connectivity index (χ1n) is 9.48. The minimum atomic E-state index is -3.73. The smallest absolute Gasteiger partial charge is 0.305 e. The Bertz CT molecular complexity index is 1290. The lowest BCUT2D eigenvalue weighted by Gasteiger charge is -2.34. The van der Waals surface area contributed by atoms with Gasteiger partial charge in [0.25, 0.3) is 5.91 Å². The fourth-order valence-corrected chi connectivity index (χ4v) is 5.81. The Labute approximate surface area is 182 Å². The Morgan fingerprint density at radius 1 is 1.03 bits per heavy atom. The van der Waals surface area contributed by atoms with Crippen LogP contribution in [-0.4, -0.2) is 68.9 Å². The van der Waals surface area contributed by atoms with Crippen LogP contribution in [0.3, 0.4) is 0 Å². The summed E-state index contributed by atoms with van der Waals surface area (Å²) >= 11 is 0.969. The minimum absolute atomic E-state index is 0.131. The Hall–Kier alpha value is -2.89. The normalized spacial score (nSPS) is 15.2. The van der Waals surface area contributed by atoms with Crippen LogP contribution in [0.2, 0.25) is 0 Å². The first-order valence-corrected chi connectivity index (χ1v) is 11.7. The zero-order valence-electron chi connectivity index (χ0n) is 17.0. The number of hydrogen-bond donors (Lipinski definition) is 1. The number of sulfonamides is 1. The highest BCUT2D eigenvalue weighted by molar-refractivity contribution is 7.89. The number of carbonyl (C=O) groups is 1. The van der Waals surface area contributed by atoms with Crippen LogP contribution in [-0.2, 0) is 10.0 Å². The quantitative estimate of drug-likeness (QED) is 0.618. The summed E-state index contributed by atoms with van der Waals surface area (Å²) in [5, 5.41) is 0. The number of benzene rings is 2. The molecule has 2 aromatic carbocycles. The Morgan fingerprint density at radius 2 is 1.77 bits per heavy atom. The predicted octanol–water partition coefficient (Wildman–Crippen LogP) is 1.75. The first kappa shape index (κ1) is 21.3. The number of carbonyl (C=O) groups excluding carboxylic acids is 1. The molecule has 4 rings (SSSR count). The predicted molar refractivity (Wildman–Crippen MR) is 117 cm³/mol. The van der Waals surface area contributed by atoms with E-state index in [0.29, 0.717) is 27.3 Å². The van der Waals surface area contributed by atoms with Crippen molar-refractivity contribution < 1.29 is 22.7 Å². The van der Waals surface area contributed by atoms with E-state index in [4.69, 9.17) is 9.47 Å². The molecule has 1 amide bonds. The standard InChI is InChI=1S/C20H21N3O6S2/c1-28-13-3-5-15(17(11-13)29-2)19(24)22-7-9-23(10-8-22)31(26,27)14-4-6-16-18(12-14)30-20(25)21-16/h3-6,11-12H,7-10H2,1-2H3,(H,21,25). The summed E-state index contributed by atoms with van der Waals surface area (Å²) in [7, 11) is -0.723. The number of hydrogen-bond acceptors (Lipinski definition) is 7. The summed E-state index contributed by atoms with van der Waals surface area (Å²) in [5.74, 6) is 0.752. The van der Waals surface area contributed by atoms with Crippen LogP contribution in [0.25, 0.3) is 10.2 Å². The molecule has 3 aromatic rings. The van der Waals surface area contributed by atoms with Crippen LogP contribution in [0.4, 0.5) is 0 Å². The van der Waals surface area contributed by atoms with Gasteiger partial charge in [0.15, 0.2) is 0 Å². The second-order valence-corrected chi connectivity index (χ2v) is 9.89. The fourth-order valence-electron chi connectivity index (χ4n) is 3.51. The maximum absolute atomic E-state index is 13.1. The monoisotopic (exact) mass is 463 g/mol. The van der Waals surface area contributed by atoms with Gasteiger partial charge in [-0.1, -0.05) is 11.3 Å². The van der Waals surface area contributed by atoms with Crippen LogP contribution in [0.5, 0.6) is 11.5 Å². The van der Waals surface area contributed by atoms with E-state index in [0.717, 1.165) is 11.3 Å². The number of fused-ring (bicyclic) bond motifs is 1. The molecule has 0 saturated carbocycles. The van der Waals surface area contributed by atoms with E-state index in [1.165, 1.54) is 30.7 Å². The maximum atomic E-state index is 13.1. The third-order valence-electron chi connectivity index (χ3n) is 5.20.